The number of hydrogen-bond acceptors (Lipinski definition) is 7. The summed E-state index contributed by atoms with van der Waals surface area (Å²) < 4.78 is 32.8. The Bertz CT molecular complexity index is 1510. The van der Waals surface area contributed by atoms with Crippen LogP contribution >= 0.6 is 0 Å². The summed E-state index contributed by atoms with van der Waals surface area (Å²) in [6.45, 7) is 5.02. The van der Waals surface area contributed by atoms with Crippen molar-refractivity contribution in [3.05, 3.63) is 77.1 Å². The van der Waals surface area contributed by atoms with Crippen LogP contribution in [-0.2, 0) is 25.0 Å². The van der Waals surface area contributed by atoms with E-state index < -0.39 is 33.0 Å². The predicted octanol–water partition coefficient (Wildman–Crippen LogP) is 2.96. The number of benzene rings is 2. The third kappa shape index (κ3) is 2.61. The molecule has 0 aliphatic carbocycles. The van der Waals surface area contributed by atoms with Gasteiger partial charge >= 0.3 is 6.09 Å². The van der Waals surface area contributed by atoms with E-state index in [4.69, 9.17) is 10.5 Å². The number of hydrogen-bond donors (Lipinski definition) is 1. The number of fused-ring (bicyclic) bond motifs is 5. The number of sulfonamides is 1. The molecule has 10 heteroatoms. The summed E-state index contributed by atoms with van der Waals surface area (Å²) in [4.78, 5) is 28.0. The summed E-state index contributed by atoms with van der Waals surface area (Å²) in [5, 5.41) is 10.1. The van der Waals surface area contributed by atoms with Gasteiger partial charge in [0.25, 0.3) is 15.9 Å². The number of carbonyl (C=O) groups is 2. The zero-order valence-electron chi connectivity index (χ0n) is 18.6. The van der Waals surface area contributed by atoms with E-state index in [1.807, 2.05) is 6.07 Å². The molecule has 0 fully saturated rings. The molecule has 3 aliphatic heterocycles. The Balaban J connectivity index is 1.82. The lowest BCUT2D eigenvalue weighted by molar-refractivity contribution is -0.120. The van der Waals surface area contributed by atoms with Crippen LogP contribution in [0.3, 0.4) is 0 Å². The summed E-state index contributed by atoms with van der Waals surface area (Å²) >= 11 is 0. The van der Waals surface area contributed by atoms with Crippen molar-refractivity contribution in [2.75, 3.05) is 4.90 Å². The molecule has 1 spiro atoms. The summed E-state index contributed by atoms with van der Waals surface area (Å²) in [5.74, 6) is -1.15. The molecule has 5 rings (SSSR count). The van der Waals surface area contributed by atoms with Gasteiger partial charge in [0.05, 0.1) is 21.9 Å². The number of anilines is 1. The molecule has 0 bridgehead atoms. The minimum atomic E-state index is -4.08. The van der Waals surface area contributed by atoms with Crippen molar-refractivity contribution >= 4 is 33.4 Å². The fraction of sp³-hybridized carbons (Fsp3) is 0.208. The minimum absolute atomic E-state index is 0.0151. The monoisotopic (exact) mass is 476 g/mol. The van der Waals surface area contributed by atoms with E-state index in [1.54, 1.807) is 63.2 Å². The zero-order valence-corrected chi connectivity index (χ0v) is 19.4. The normalized spacial score (nSPS) is 22.2. The van der Waals surface area contributed by atoms with Crippen LogP contribution in [0.25, 0.3) is 5.70 Å². The van der Waals surface area contributed by atoms with Crippen LogP contribution in [0.4, 0.5) is 10.5 Å². The fourth-order valence-corrected chi connectivity index (χ4v) is 6.29. The third-order valence-electron chi connectivity index (χ3n) is 5.92. The molecule has 2 aromatic rings. The van der Waals surface area contributed by atoms with E-state index in [2.05, 4.69) is 0 Å². The molecule has 0 unspecified atom stereocenters. The number of para-hydroxylation sites is 1. The van der Waals surface area contributed by atoms with E-state index in [1.165, 1.54) is 12.1 Å². The number of nitriles is 1. The van der Waals surface area contributed by atoms with Crippen LogP contribution in [0.5, 0.6) is 0 Å². The molecule has 172 valence electrons. The van der Waals surface area contributed by atoms with Crippen LogP contribution in [0.2, 0.25) is 0 Å². The second-order valence-corrected chi connectivity index (χ2v) is 10.9. The summed E-state index contributed by atoms with van der Waals surface area (Å²) in [6.07, 6.45) is 0.509. The minimum Gasteiger partial charge on any atom is -0.443 e. The quantitative estimate of drug-likeness (QED) is 0.618. The fourth-order valence-electron chi connectivity index (χ4n) is 4.64. The van der Waals surface area contributed by atoms with Crippen molar-refractivity contribution in [1.29, 1.82) is 5.26 Å². The smallest absolute Gasteiger partial charge is 0.421 e. The molecule has 3 heterocycles. The molecule has 0 saturated carbocycles. The molecular weight excluding hydrogens is 456 g/mol. The van der Waals surface area contributed by atoms with Gasteiger partial charge in [0.2, 0.25) is 0 Å². The Morgan fingerprint density at radius 2 is 1.76 bits per heavy atom. The van der Waals surface area contributed by atoms with Crippen LogP contribution in [0, 0.1) is 11.3 Å². The van der Waals surface area contributed by atoms with E-state index in [0.717, 1.165) is 9.21 Å². The molecule has 2 N–H and O–H groups in total. The number of nitrogens with two attached hydrogens (primary N) is 1. The standard InChI is InChI=1S/C24H20N4O5S/c1-23(2,3)33-22(30)27-17-10-6-5-9-15(17)24(21(27)29)12-18-14-8-4-7-11-19(14)34(31,32)28(18)20(26)16(24)13-25/h4-12H,26H2,1-3H3/t24-/m1/s1. The first-order valence-electron chi connectivity index (χ1n) is 10.4. The van der Waals surface area contributed by atoms with Gasteiger partial charge in [-0.05, 0) is 39.0 Å². The second kappa shape index (κ2) is 6.71. The van der Waals surface area contributed by atoms with Crippen molar-refractivity contribution in [2.24, 2.45) is 5.73 Å². The van der Waals surface area contributed by atoms with Crippen LogP contribution < -0.4 is 10.6 Å². The van der Waals surface area contributed by atoms with E-state index >= 15 is 0 Å². The average molecular weight is 477 g/mol. The number of nitrogens with zero attached hydrogens (tertiary/aromatic N) is 3. The van der Waals surface area contributed by atoms with Gasteiger partial charge in [0.1, 0.15) is 22.9 Å². The lowest BCUT2D eigenvalue weighted by atomic mass is 9.72. The number of carbonyl (C=O) groups excluding carboxylic acids is 2. The Kier molecular flexibility index (Phi) is 4.29. The van der Waals surface area contributed by atoms with Gasteiger partial charge in [0, 0.05) is 11.1 Å². The number of imide groups is 1. The van der Waals surface area contributed by atoms with Crippen molar-refractivity contribution in [1.82, 2.24) is 4.31 Å². The summed E-state index contributed by atoms with van der Waals surface area (Å²) in [7, 11) is -4.08. The van der Waals surface area contributed by atoms with Crippen LogP contribution in [-0.4, -0.2) is 30.3 Å². The van der Waals surface area contributed by atoms with Crippen LogP contribution in [0.15, 0.2) is 70.9 Å². The van der Waals surface area contributed by atoms with Crippen molar-refractivity contribution in [3.63, 3.8) is 0 Å². The lowest BCUT2D eigenvalue weighted by Crippen LogP contribution is -2.48. The van der Waals surface area contributed by atoms with Crippen LogP contribution in [0.1, 0.15) is 31.9 Å². The van der Waals surface area contributed by atoms with Gasteiger partial charge in [-0.15, -0.1) is 0 Å². The third-order valence-corrected chi connectivity index (χ3v) is 7.71. The molecule has 3 aliphatic rings. The topological polar surface area (TPSA) is 134 Å². The first kappa shape index (κ1) is 21.7. The first-order valence-corrected chi connectivity index (χ1v) is 11.8. The maximum absolute atomic E-state index is 14.0. The largest absolute Gasteiger partial charge is 0.443 e. The van der Waals surface area contributed by atoms with Crippen molar-refractivity contribution < 1.29 is 22.7 Å². The second-order valence-electron chi connectivity index (χ2n) is 9.11. The highest BCUT2D eigenvalue weighted by atomic mass is 32.2. The number of rotatable bonds is 0. The highest BCUT2D eigenvalue weighted by Gasteiger charge is 2.60. The first-order chi connectivity index (χ1) is 15.9. The van der Waals surface area contributed by atoms with Crippen molar-refractivity contribution in [3.8, 4) is 6.07 Å². The van der Waals surface area contributed by atoms with E-state index in [9.17, 15) is 23.3 Å². The maximum Gasteiger partial charge on any atom is 0.421 e. The van der Waals surface area contributed by atoms with E-state index in [0.29, 0.717) is 11.1 Å². The molecule has 2 aromatic carbocycles. The maximum atomic E-state index is 14.0. The molecule has 0 saturated heterocycles. The SMILES string of the molecule is CC(C)(C)OC(=O)N1C(=O)[C@]2(C=C3c4ccccc4S(=O)(=O)N3C(N)=C2C#N)c2ccccc21. The molecular formula is C24H20N4O5S. The van der Waals surface area contributed by atoms with Gasteiger partial charge < -0.3 is 10.5 Å². The van der Waals surface area contributed by atoms with Crippen molar-refractivity contribution in [2.45, 2.75) is 36.7 Å². The predicted molar refractivity (Wildman–Crippen MR) is 122 cm³/mol. The molecule has 0 radical (unpaired) electrons. The van der Waals surface area contributed by atoms with Gasteiger partial charge in [-0.25, -0.2) is 22.4 Å². The molecule has 2 amide bonds. The highest BCUT2D eigenvalue weighted by molar-refractivity contribution is 7.90. The number of amides is 2. The van der Waals surface area contributed by atoms with E-state index in [-0.39, 0.29) is 27.7 Å². The van der Waals surface area contributed by atoms with Gasteiger partial charge in [-0.1, -0.05) is 36.4 Å². The average Bonchev–Trinajstić information content (AvgIpc) is 3.14. The Labute approximate surface area is 196 Å². The molecule has 1 atom stereocenters. The summed E-state index contributed by atoms with van der Waals surface area (Å²) in [6, 6.07) is 14.7. The van der Waals surface area contributed by atoms with Gasteiger partial charge in [-0.3, -0.25) is 4.79 Å². The Morgan fingerprint density at radius 3 is 2.44 bits per heavy atom. The number of ether oxygens (including phenoxy) is 1. The zero-order chi connectivity index (χ0) is 24.6. The Morgan fingerprint density at radius 1 is 1.12 bits per heavy atom. The summed E-state index contributed by atoms with van der Waals surface area (Å²) in [5.41, 5.74) is 4.42. The Hall–Kier alpha value is -4.10. The molecule has 34 heavy (non-hydrogen) atoms. The van der Waals surface area contributed by atoms with Gasteiger partial charge in [0.15, 0.2) is 0 Å². The lowest BCUT2D eigenvalue weighted by Gasteiger charge is -2.34. The van der Waals surface area contributed by atoms with Gasteiger partial charge in [-0.2, -0.15) is 5.26 Å². The highest BCUT2D eigenvalue weighted by Crippen LogP contribution is 2.55. The molecule has 0 aromatic heterocycles. The molecule has 9 nitrogen and oxygen atoms in total.